The van der Waals surface area contributed by atoms with Crippen molar-refractivity contribution in [3.8, 4) is 0 Å². The lowest BCUT2D eigenvalue weighted by Gasteiger charge is -2.32. The van der Waals surface area contributed by atoms with Gasteiger partial charge in [-0.2, -0.15) is 0 Å². The second-order valence-electron chi connectivity index (χ2n) is 7.38. The standard InChI is InChI=1S/C19H38N2O4/c1-8-10-11-16(3)21(17(22)12-15-24-7)14-13-20(9-2)18(23)25-19(4,5)6/h16H,8-15H2,1-7H3. The molecule has 0 saturated carbocycles. The number of carbonyl (C=O) groups excluding carboxylic acids is 2. The number of nitrogens with zero attached hydrogens (tertiary/aromatic N) is 2. The van der Waals surface area contributed by atoms with Crippen LogP contribution in [-0.4, -0.2) is 66.8 Å². The van der Waals surface area contributed by atoms with Crippen LogP contribution in [0.2, 0.25) is 0 Å². The Morgan fingerprint density at radius 3 is 2.24 bits per heavy atom. The fourth-order valence-electron chi connectivity index (χ4n) is 2.51. The van der Waals surface area contributed by atoms with E-state index in [1.165, 1.54) is 0 Å². The summed E-state index contributed by atoms with van der Waals surface area (Å²) in [7, 11) is 1.60. The van der Waals surface area contributed by atoms with Crippen LogP contribution in [0.1, 0.15) is 67.2 Å². The molecule has 1 unspecified atom stereocenters. The molecule has 0 saturated heterocycles. The highest BCUT2D eigenvalue weighted by Crippen LogP contribution is 2.13. The highest BCUT2D eigenvalue weighted by molar-refractivity contribution is 5.76. The third kappa shape index (κ3) is 10.3. The van der Waals surface area contributed by atoms with Gasteiger partial charge in [0.25, 0.3) is 0 Å². The van der Waals surface area contributed by atoms with E-state index < -0.39 is 5.60 Å². The molecule has 0 aromatic heterocycles. The van der Waals surface area contributed by atoms with Crippen molar-refractivity contribution in [2.45, 2.75) is 78.9 Å². The summed E-state index contributed by atoms with van der Waals surface area (Å²) in [6.45, 7) is 13.7. The van der Waals surface area contributed by atoms with Gasteiger partial charge in [0.2, 0.25) is 5.91 Å². The van der Waals surface area contributed by atoms with E-state index in [-0.39, 0.29) is 18.0 Å². The average Bonchev–Trinajstić information content (AvgIpc) is 2.52. The summed E-state index contributed by atoms with van der Waals surface area (Å²) in [5.74, 6) is 0.0747. The van der Waals surface area contributed by atoms with Crippen molar-refractivity contribution in [3.05, 3.63) is 0 Å². The van der Waals surface area contributed by atoms with Gasteiger partial charge in [-0.1, -0.05) is 19.8 Å². The average molecular weight is 359 g/mol. The Labute approximate surface area is 153 Å². The van der Waals surface area contributed by atoms with Gasteiger partial charge in [0.1, 0.15) is 5.60 Å². The van der Waals surface area contributed by atoms with Gasteiger partial charge in [-0.05, 0) is 41.0 Å². The van der Waals surface area contributed by atoms with Crippen molar-refractivity contribution in [2.75, 3.05) is 33.4 Å². The summed E-state index contributed by atoms with van der Waals surface area (Å²) in [4.78, 5) is 28.3. The van der Waals surface area contributed by atoms with E-state index in [0.717, 1.165) is 19.3 Å². The summed E-state index contributed by atoms with van der Waals surface area (Å²) in [5.41, 5.74) is -0.521. The zero-order chi connectivity index (χ0) is 19.5. The van der Waals surface area contributed by atoms with Crippen molar-refractivity contribution in [3.63, 3.8) is 0 Å². The number of likely N-dealkylation sites (N-methyl/N-ethyl adjacent to an activating group) is 1. The molecule has 2 amide bonds. The van der Waals surface area contributed by atoms with Gasteiger partial charge in [0.05, 0.1) is 13.0 Å². The maximum atomic E-state index is 12.5. The molecule has 0 aromatic rings. The largest absolute Gasteiger partial charge is 0.444 e. The van der Waals surface area contributed by atoms with Crippen molar-refractivity contribution >= 4 is 12.0 Å². The van der Waals surface area contributed by atoms with Crippen LogP contribution in [0.4, 0.5) is 4.79 Å². The molecule has 0 fully saturated rings. The third-order valence-corrected chi connectivity index (χ3v) is 3.99. The second-order valence-corrected chi connectivity index (χ2v) is 7.38. The molecule has 148 valence electrons. The predicted octanol–water partition coefficient (Wildman–Crippen LogP) is 3.69. The lowest BCUT2D eigenvalue weighted by Crippen LogP contribution is -2.46. The third-order valence-electron chi connectivity index (χ3n) is 3.99. The Morgan fingerprint density at radius 1 is 1.12 bits per heavy atom. The minimum atomic E-state index is -0.521. The quantitative estimate of drug-likeness (QED) is 0.565. The van der Waals surface area contributed by atoms with Gasteiger partial charge < -0.3 is 19.3 Å². The van der Waals surface area contributed by atoms with Crippen molar-refractivity contribution in [2.24, 2.45) is 0 Å². The van der Waals surface area contributed by atoms with Crippen molar-refractivity contribution < 1.29 is 19.1 Å². The Kier molecular flexibility index (Phi) is 11.5. The molecule has 0 heterocycles. The first-order valence-electron chi connectivity index (χ1n) is 9.42. The lowest BCUT2D eigenvalue weighted by molar-refractivity contribution is -0.134. The molecule has 0 radical (unpaired) electrons. The molecule has 0 bridgehead atoms. The Morgan fingerprint density at radius 2 is 1.76 bits per heavy atom. The van der Waals surface area contributed by atoms with Gasteiger partial charge in [0, 0.05) is 32.8 Å². The molecule has 0 aliphatic carbocycles. The number of rotatable bonds is 11. The van der Waals surface area contributed by atoms with Crippen LogP contribution < -0.4 is 0 Å². The Bertz CT molecular complexity index is 393. The first-order chi connectivity index (χ1) is 11.7. The van der Waals surface area contributed by atoms with E-state index in [1.807, 2.05) is 32.6 Å². The first-order valence-corrected chi connectivity index (χ1v) is 9.42. The zero-order valence-corrected chi connectivity index (χ0v) is 17.3. The fourth-order valence-corrected chi connectivity index (χ4v) is 2.51. The monoisotopic (exact) mass is 358 g/mol. The SMILES string of the molecule is CCCCC(C)N(CCN(CC)C(=O)OC(C)(C)C)C(=O)CCOC. The predicted molar refractivity (Wildman–Crippen MR) is 101 cm³/mol. The maximum absolute atomic E-state index is 12.5. The molecule has 1 atom stereocenters. The van der Waals surface area contributed by atoms with Crippen LogP contribution in [0.5, 0.6) is 0 Å². The van der Waals surface area contributed by atoms with Crippen LogP contribution in [0.25, 0.3) is 0 Å². The normalized spacial score (nSPS) is 12.6. The molecule has 0 N–H and O–H groups in total. The van der Waals surface area contributed by atoms with Gasteiger partial charge in [0.15, 0.2) is 0 Å². The number of ether oxygens (including phenoxy) is 2. The first kappa shape index (κ1) is 23.7. The summed E-state index contributed by atoms with van der Waals surface area (Å²) >= 11 is 0. The van der Waals surface area contributed by atoms with E-state index >= 15 is 0 Å². The minimum Gasteiger partial charge on any atom is -0.444 e. The molecular weight excluding hydrogens is 320 g/mol. The van der Waals surface area contributed by atoms with Crippen LogP contribution in [-0.2, 0) is 14.3 Å². The number of unbranched alkanes of at least 4 members (excludes halogenated alkanes) is 1. The number of carbonyl (C=O) groups is 2. The maximum Gasteiger partial charge on any atom is 0.410 e. The van der Waals surface area contributed by atoms with Crippen molar-refractivity contribution in [1.82, 2.24) is 9.80 Å². The number of hydrogen-bond donors (Lipinski definition) is 0. The van der Waals surface area contributed by atoms with Gasteiger partial charge >= 0.3 is 6.09 Å². The van der Waals surface area contributed by atoms with E-state index in [9.17, 15) is 9.59 Å². The van der Waals surface area contributed by atoms with Crippen LogP contribution in [0, 0.1) is 0 Å². The van der Waals surface area contributed by atoms with Gasteiger partial charge in [-0.25, -0.2) is 4.79 Å². The Hall–Kier alpha value is -1.30. The van der Waals surface area contributed by atoms with Crippen LogP contribution in [0.15, 0.2) is 0 Å². The molecular formula is C19H38N2O4. The molecule has 0 aliphatic rings. The number of amides is 2. The van der Waals surface area contributed by atoms with E-state index in [1.54, 1.807) is 12.0 Å². The summed E-state index contributed by atoms with van der Waals surface area (Å²) in [6.07, 6.45) is 3.18. The zero-order valence-electron chi connectivity index (χ0n) is 17.3. The molecule has 0 aromatic carbocycles. The highest BCUT2D eigenvalue weighted by atomic mass is 16.6. The molecule has 25 heavy (non-hydrogen) atoms. The molecule has 0 rings (SSSR count). The second kappa shape index (κ2) is 12.1. The lowest BCUT2D eigenvalue weighted by atomic mass is 10.1. The number of hydrogen-bond acceptors (Lipinski definition) is 4. The molecule has 6 nitrogen and oxygen atoms in total. The van der Waals surface area contributed by atoms with Gasteiger partial charge in [-0.15, -0.1) is 0 Å². The topological polar surface area (TPSA) is 59.1 Å². The fraction of sp³-hybridized carbons (Fsp3) is 0.895. The minimum absolute atomic E-state index is 0.0747. The van der Waals surface area contributed by atoms with Crippen LogP contribution in [0.3, 0.4) is 0 Å². The van der Waals surface area contributed by atoms with E-state index in [4.69, 9.17) is 9.47 Å². The smallest absolute Gasteiger partial charge is 0.410 e. The molecule has 6 heteroatoms. The van der Waals surface area contributed by atoms with Crippen molar-refractivity contribution in [1.29, 1.82) is 0 Å². The molecule has 0 aliphatic heterocycles. The molecule has 0 spiro atoms. The summed E-state index contributed by atoms with van der Waals surface area (Å²) < 4.78 is 10.5. The Balaban J connectivity index is 4.85. The highest BCUT2D eigenvalue weighted by Gasteiger charge is 2.24. The van der Waals surface area contributed by atoms with E-state index in [0.29, 0.717) is 32.7 Å². The van der Waals surface area contributed by atoms with Gasteiger partial charge in [-0.3, -0.25) is 4.79 Å². The van der Waals surface area contributed by atoms with E-state index in [2.05, 4.69) is 13.8 Å². The number of methoxy groups -OCH3 is 1. The summed E-state index contributed by atoms with van der Waals surface area (Å²) in [6, 6.07) is 0.154. The summed E-state index contributed by atoms with van der Waals surface area (Å²) in [5, 5.41) is 0. The van der Waals surface area contributed by atoms with Crippen LogP contribution >= 0.6 is 0 Å².